The number of rotatable bonds is 5. The lowest BCUT2D eigenvalue weighted by atomic mass is 9.97. The largest absolute Gasteiger partial charge is 0.385 e. The summed E-state index contributed by atoms with van der Waals surface area (Å²) in [6, 6.07) is 6.99. The third kappa shape index (κ3) is 3.33. The van der Waals surface area contributed by atoms with Crippen molar-refractivity contribution in [2.45, 2.75) is 26.3 Å². The molecule has 0 saturated carbocycles. The number of aryl methyl sites for hydroxylation is 2. The van der Waals surface area contributed by atoms with Crippen LogP contribution in [0, 0.1) is 13.8 Å². The first-order valence-corrected chi connectivity index (χ1v) is 5.42. The van der Waals surface area contributed by atoms with Crippen LogP contribution in [0.25, 0.3) is 0 Å². The molecule has 84 valence electrons. The highest BCUT2D eigenvalue weighted by Gasteiger charge is 2.11. The van der Waals surface area contributed by atoms with Crippen molar-refractivity contribution in [3.05, 3.63) is 34.9 Å². The van der Waals surface area contributed by atoms with Gasteiger partial charge in [0.15, 0.2) is 0 Å². The molecule has 0 amide bonds. The summed E-state index contributed by atoms with van der Waals surface area (Å²) >= 11 is 0. The molecule has 1 aromatic carbocycles. The van der Waals surface area contributed by atoms with Gasteiger partial charge in [0.1, 0.15) is 0 Å². The average Bonchev–Trinajstić information content (AvgIpc) is 2.24. The van der Waals surface area contributed by atoms with E-state index in [1.165, 1.54) is 16.7 Å². The molecule has 0 heterocycles. The Balaban J connectivity index is 2.85. The molecule has 0 aromatic heterocycles. The number of hydrogen-bond acceptors (Lipinski definition) is 2. The van der Waals surface area contributed by atoms with Crippen molar-refractivity contribution in [3.8, 4) is 0 Å². The van der Waals surface area contributed by atoms with E-state index in [1.54, 1.807) is 7.11 Å². The zero-order valence-corrected chi connectivity index (χ0v) is 10.1. The van der Waals surface area contributed by atoms with Crippen LogP contribution in [-0.4, -0.2) is 20.8 Å². The topological polar surface area (TPSA) is 21.3 Å². The molecule has 1 atom stereocenters. The molecule has 1 N–H and O–H groups in total. The van der Waals surface area contributed by atoms with E-state index < -0.39 is 0 Å². The minimum Gasteiger partial charge on any atom is -0.385 e. The Morgan fingerprint density at radius 3 is 2.67 bits per heavy atom. The predicted molar refractivity (Wildman–Crippen MR) is 64.2 cm³/mol. The van der Waals surface area contributed by atoms with Crippen LogP contribution in [0.3, 0.4) is 0 Å². The summed E-state index contributed by atoms with van der Waals surface area (Å²) in [5, 5.41) is 3.34. The molecule has 1 unspecified atom stereocenters. The average molecular weight is 207 g/mol. The summed E-state index contributed by atoms with van der Waals surface area (Å²) in [5.74, 6) is 0. The highest BCUT2D eigenvalue weighted by Crippen LogP contribution is 2.21. The lowest BCUT2D eigenvalue weighted by molar-refractivity contribution is 0.184. The maximum atomic E-state index is 5.13. The molecule has 0 fully saturated rings. The van der Waals surface area contributed by atoms with Crippen molar-refractivity contribution in [2.75, 3.05) is 20.8 Å². The third-order valence-electron chi connectivity index (χ3n) is 2.77. The first kappa shape index (κ1) is 12.2. The van der Waals surface area contributed by atoms with Crippen LogP contribution in [-0.2, 0) is 4.74 Å². The minimum absolute atomic E-state index is 0.393. The van der Waals surface area contributed by atoms with Gasteiger partial charge in [0.05, 0.1) is 0 Å². The van der Waals surface area contributed by atoms with Crippen molar-refractivity contribution >= 4 is 0 Å². The maximum Gasteiger partial charge on any atom is 0.0480 e. The van der Waals surface area contributed by atoms with Gasteiger partial charge in [-0.3, -0.25) is 0 Å². The fourth-order valence-electron chi connectivity index (χ4n) is 1.83. The summed E-state index contributed by atoms with van der Waals surface area (Å²) in [6.07, 6.45) is 1.01. The molecule has 15 heavy (non-hydrogen) atoms. The van der Waals surface area contributed by atoms with Crippen molar-refractivity contribution < 1.29 is 4.74 Å². The first-order chi connectivity index (χ1) is 7.19. The van der Waals surface area contributed by atoms with Gasteiger partial charge in [0.2, 0.25) is 0 Å². The molecule has 0 aliphatic carbocycles. The highest BCUT2D eigenvalue weighted by atomic mass is 16.5. The maximum absolute atomic E-state index is 5.13. The van der Waals surface area contributed by atoms with Gasteiger partial charge >= 0.3 is 0 Å². The molecule has 1 rings (SSSR count). The number of methoxy groups -OCH3 is 1. The third-order valence-corrected chi connectivity index (χ3v) is 2.77. The zero-order chi connectivity index (χ0) is 11.3. The van der Waals surface area contributed by atoms with Gasteiger partial charge in [-0.05, 0) is 38.4 Å². The molecule has 0 aliphatic heterocycles. The molecule has 2 nitrogen and oxygen atoms in total. The molecule has 0 aliphatic rings. The van der Waals surface area contributed by atoms with E-state index in [0.717, 1.165) is 13.0 Å². The standard InChI is InChI=1S/C13H21NO/c1-10-5-6-11(2)12(9-10)13(14-3)7-8-15-4/h5-6,9,13-14H,7-8H2,1-4H3. The molecule has 0 radical (unpaired) electrons. The van der Waals surface area contributed by atoms with Crippen LogP contribution in [0.15, 0.2) is 18.2 Å². The van der Waals surface area contributed by atoms with Gasteiger partial charge in [-0.1, -0.05) is 23.8 Å². The monoisotopic (exact) mass is 207 g/mol. The van der Waals surface area contributed by atoms with E-state index in [-0.39, 0.29) is 0 Å². The van der Waals surface area contributed by atoms with Crippen molar-refractivity contribution in [1.82, 2.24) is 5.32 Å². The Hall–Kier alpha value is -0.860. The quantitative estimate of drug-likeness (QED) is 0.801. The van der Waals surface area contributed by atoms with E-state index in [9.17, 15) is 0 Å². The van der Waals surface area contributed by atoms with E-state index in [1.807, 2.05) is 7.05 Å². The van der Waals surface area contributed by atoms with Crippen LogP contribution < -0.4 is 5.32 Å². The van der Waals surface area contributed by atoms with Crippen LogP contribution >= 0.6 is 0 Å². The highest BCUT2D eigenvalue weighted by molar-refractivity contribution is 5.32. The zero-order valence-electron chi connectivity index (χ0n) is 10.1. The second-order valence-corrected chi connectivity index (χ2v) is 3.98. The molecular formula is C13H21NO. The summed E-state index contributed by atoms with van der Waals surface area (Å²) in [5.41, 5.74) is 4.04. The van der Waals surface area contributed by atoms with Crippen LogP contribution in [0.4, 0.5) is 0 Å². The van der Waals surface area contributed by atoms with E-state index in [0.29, 0.717) is 6.04 Å². The SMILES string of the molecule is CNC(CCOC)c1cc(C)ccc1C. The number of benzene rings is 1. The number of ether oxygens (including phenoxy) is 1. The first-order valence-electron chi connectivity index (χ1n) is 5.42. The van der Waals surface area contributed by atoms with Gasteiger partial charge in [0, 0.05) is 19.8 Å². The molecule has 0 bridgehead atoms. The normalized spacial score (nSPS) is 12.8. The van der Waals surface area contributed by atoms with Crippen LogP contribution in [0.5, 0.6) is 0 Å². The second-order valence-electron chi connectivity index (χ2n) is 3.98. The summed E-state index contributed by atoms with van der Waals surface area (Å²) < 4.78 is 5.13. The van der Waals surface area contributed by atoms with Crippen molar-refractivity contribution in [1.29, 1.82) is 0 Å². The molecule has 2 heteroatoms. The summed E-state index contributed by atoms with van der Waals surface area (Å²) in [6.45, 7) is 5.08. The fraction of sp³-hybridized carbons (Fsp3) is 0.538. The Labute approximate surface area is 92.6 Å². The molecule has 0 spiro atoms. The van der Waals surface area contributed by atoms with Gasteiger partial charge < -0.3 is 10.1 Å². The van der Waals surface area contributed by atoms with Gasteiger partial charge in [0.25, 0.3) is 0 Å². The van der Waals surface area contributed by atoms with Crippen LogP contribution in [0.1, 0.15) is 29.2 Å². The minimum atomic E-state index is 0.393. The van der Waals surface area contributed by atoms with Gasteiger partial charge in [-0.15, -0.1) is 0 Å². The molecule has 1 aromatic rings. The smallest absolute Gasteiger partial charge is 0.0480 e. The summed E-state index contributed by atoms with van der Waals surface area (Å²) in [7, 11) is 3.75. The Kier molecular flexibility index (Phi) is 4.79. The molecular weight excluding hydrogens is 186 g/mol. The van der Waals surface area contributed by atoms with E-state index >= 15 is 0 Å². The Bertz CT molecular complexity index is 309. The van der Waals surface area contributed by atoms with Crippen LogP contribution in [0.2, 0.25) is 0 Å². The van der Waals surface area contributed by atoms with E-state index in [2.05, 4.69) is 37.4 Å². The second kappa shape index (κ2) is 5.89. The van der Waals surface area contributed by atoms with Gasteiger partial charge in [-0.2, -0.15) is 0 Å². The van der Waals surface area contributed by atoms with Crippen molar-refractivity contribution in [3.63, 3.8) is 0 Å². The van der Waals surface area contributed by atoms with Gasteiger partial charge in [-0.25, -0.2) is 0 Å². The Morgan fingerprint density at radius 1 is 1.33 bits per heavy atom. The lowest BCUT2D eigenvalue weighted by Crippen LogP contribution is -2.19. The number of hydrogen-bond donors (Lipinski definition) is 1. The summed E-state index contributed by atoms with van der Waals surface area (Å²) in [4.78, 5) is 0. The molecule has 0 saturated heterocycles. The lowest BCUT2D eigenvalue weighted by Gasteiger charge is -2.19. The fourth-order valence-corrected chi connectivity index (χ4v) is 1.83. The Morgan fingerprint density at radius 2 is 2.07 bits per heavy atom. The predicted octanol–water partition coefficient (Wildman–Crippen LogP) is 2.60. The van der Waals surface area contributed by atoms with Crippen molar-refractivity contribution in [2.24, 2.45) is 0 Å². The van der Waals surface area contributed by atoms with E-state index in [4.69, 9.17) is 4.74 Å². The number of nitrogens with one attached hydrogen (secondary N) is 1.